The second kappa shape index (κ2) is 12.8. The first-order chi connectivity index (χ1) is 20.2. The Hall–Kier alpha value is -4.85. The van der Waals surface area contributed by atoms with Gasteiger partial charge in [0.2, 0.25) is 11.8 Å². The number of pyridine rings is 2. The summed E-state index contributed by atoms with van der Waals surface area (Å²) in [6.07, 6.45) is 8.67. The lowest BCUT2D eigenvalue weighted by atomic mass is 10.0. The number of anilines is 1. The van der Waals surface area contributed by atoms with Crippen molar-refractivity contribution in [3.05, 3.63) is 114 Å². The van der Waals surface area contributed by atoms with Crippen molar-refractivity contribution < 1.29 is 23.5 Å². The Balaban J connectivity index is 1.42. The number of benzene rings is 2. The number of carbonyl (C=O) groups excluding carboxylic acids is 3. The van der Waals surface area contributed by atoms with Gasteiger partial charge < -0.3 is 16.0 Å². The summed E-state index contributed by atoms with van der Waals surface area (Å²) in [6, 6.07) is 21.9. The number of carbonyl (C=O) groups is 3. The molecule has 42 heavy (non-hydrogen) atoms. The summed E-state index contributed by atoms with van der Waals surface area (Å²) in [7, 11) is 0. The highest BCUT2D eigenvalue weighted by Crippen LogP contribution is 2.17. The lowest BCUT2D eigenvalue weighted by Gasteiger charge is -2.22. The van der Waals surface area contributed by atoms with E-state index in [0.29, 0.717) is 30.8 Å². The second-order valence-corrected chi connectivity index (χ2v) is 11.3. The highest BCUT2D eigenvalue weighted by Gasteiger charge is 2.26. The maximum atomic E-state index is 13.2. The van der Waals surface area contributed by atoms with Crippen LogP contribution in [0.5, 0.6) is 0 Å². The zero-order valence-corrected chi connectivity index (χ0v) is 24.2. The number of hydrogen-bond donors (Lipinski definition) is 3. The molecule has 2 aromatic carbocycles. The third-order valence-corrected chi connectivity index (χ3v) is 7.36. The van der Waals surface area contributed by atoms with Crippen molar-refractivity contribution in [2.75, 3.05) is 5.32 Å². The van der Waals surface area contributed by atoms with Crippen LogP contribution in [-0.4, -0.2) is 29.8 Å². The topological polar surface area (TPSA) is 95.1 Å². The van der Waals surface area contributed by atoms with E-state index in [4.69, 9.17) is 0 Å². The van der Waals surface area contributed by atoms with Gasteiger partial charge in [-0.1, -0.05) is 38.1 Å². The van der Waals surface area contributed by atoms with Gasteiger partial charge >= 0.3 is 0 Å². The molecule has 0 unspecified atom stereocenters. The highest BCUT2D eigenvalue weighted by molar-refractivity contribution is 6.00. The average molecular weight is 564 g/mol. The molecule has 2 aromatic heterocycles. The molecule has 0 aliphatic carbocycles. The summed E-state index contributed by atoms with van der Waals surface area (Å²) in [5, 5.41) is 8.52. The van der Waals surface area contributed by atoms with Gasteiger partial charge in [0.15, 0.2) is 37.9 Å². The monoisotopic (exact) mass is 563 g/mol. The molecule has 3 N–H and O–H groups in total. The van der Waals surface area contributed by atoms with Crippen LogP contribution in [0.25, 0.3) is 11.1 Å². The smallest absolute Gasteiger partial charge is 0.251 e. The number of aromatic nitrogens is 2. The van der Waals surface area contributed by atoms with Crippen LogP contribution < -0.4 is 25.1 Å². The van der Waals surface area contributed by atoms with Crippen molar-refractivity contribution in [3.8, 4) is 11.1 Å². The van der Waals surface area contributed by atoms with E-state index in [2.05, 4.69) is 74.1 Å². The SMILES string of the molecule is CC(C)C[C@@H]1NC(=O)c2ccc(cc2)C[n+]2ccc(cc2)-c2cc[n+](cc2)Cc2ccc(cc2)NC(=O)[C@H](C)NC1=O. The average Bonchev–Trinajstić information content (AvgIpc) is 2.98. The maximum absolute atomic E-state index is 13.2. The largest absolute Gasteiger partial charge is 0.343 e. The number of fused-ring (bicyclic) bond motifs is 2. The lowest BCUT2D eigenvalue weighted by Crippen LogP contribution is -2.52. The van der Waals surface area contributed by atoms with Crippen molar-refractivity contribution in [3.63, 3.8) is 0 Å². The summed E-state index contributed by atoms with van der Waals surface area (Å²) in [5.41, 5.74) is 5.51. The van der Waals surface area contributed by atoms with Gasteiger partial charge in [-0.25, -0.2) is 9.13 Å². The van der Waals surface area contributed by atoms with Crippen LogP contribution in [0, 0.1) is 5.92 Å². The molecule has 8 heterocycles. The van der Waals surface area contributed by atoms with E-state index in [0.717, 1.165) is 22.3 Å². The van der Waals surface area contributed by atoms with Gasteiger partial charge in [-0.3, -0.25) is 14.4 Å². The van der Waals surface area contributed by atoms with E-state index < -0.39 is 18.0 Å². The van der Waals surface area contributed by atoms with E-state index in [1.54, 1.807) is 19.1 Å². The minimum atomic E-state index is -0.790. The van der Waals surface area contributed by atoms with Crippen molar-refractivity contribution in [1.29, 1.82) is 0 Å². The molecule has 6 aliphatic rings. The normalized spacial score (nSPS) is 17.8. The van der Waals surface area contributed by atoms with Crippen molar-refractivity contribution in [2.45, 2.75) is 52.4 Å². The minimum absolute atomic E-state index is 0.158. The van der Waals surface area contributed by atoms with Crippen molar-refractivity contribution in [1.82, 2.24) is 10.6 Å². The Morgan fingerprint density at radius 1 is 0.667 bits per heavy atom. The van der Waals surface area contributed by atoms with E-state index in [1.165, 1.54) is 0 Å². The molecule has 8 nitrogen and oxygen atoms in total. The zero-order chi connectivity index (χ0) is 29.6. The Morgan fingerprint density at radius 3 is 1.67 bits per heavy atom. The van der Waals surface area contributed by atoms with E-state index in [9.17, 15) is 14.4 Å². The molecule has 3 amide bonds. The lowest BCUT2D eigenvalue weighted by molar-refractivity contribution is -0.688. The highest BCUT2D eigenvalue weighted by atomic mass is 16.2. The first-order valence-electron chi connectivity index (χ1n) is 14.3. The molecule has 0 fully saturated rings. The molecule has 0 radical (unpaired) electrons. The predicted octanol–water partition coefficient (Wildman–Crippen LogP) is 3.63. The van der Waals surface area contributed by atoms with Crippen LogP contribution >= 0.6 is 0 Å². The van der Waals surface area contributed by atoms with Gasteiger partial charge in [-0.2, -0.15) is 0 Å². The van der Waals surface area contributed by atoms with Crippen molar-refractivity contribution >= 4 is 23.4 Å². The zero-order valence-electron chi connectivity index (χ0n) is 24.2. The van der Waals surface area contributed by atoms with Gasteiger partial charge in [0.1, 0.15) is 12.1 Å². The Morgan fingerprint density at radius 2 is 1.17 bits per heavy atom. The fraction of sp³-hybridized carbons (Fsp3) is 0.265. The third-order valence-electron chi connectivity index (χ3n) is 7.36. The van der Waals surface area contributed by atoms with Gasteiger partial charge in [-0.05, 0) is 54.7 Å². The number of nitrogens with one attached hydrogen (secondary N) is 3. The molecule has 8 heteroatoms. The van der Waals surface area contributed by atoms with Crippen LogP contribution in [0.3, 0.4) is 0 Å². The van der Waals surface area contributed by atoms with Gasteiger partial charge in [0.25, 0.3) is 5.91 Å². The first kappa shape index (κ1) is 28.7. The summed E-state index contributed by atoms with van der Waals surface area (Å²) >= 11 is 0. The predicted molar refractivity (Wildman–Crippen MR) is 160 cm³/mol. The minimum Gasteiger partial charge on any atom is -0.343 e. The molecule has 0 spiro atoms. The van der Waals surface area contributed by atoms with Crippen LogP contribution in [0.2, 0.25) is 0 Å². The molecule has 10 rings (SSSR count). The molecule has 8 bridgehead atoms. The quantitative estimate of drug-likeness (QED) is 0.325. The molecule has 4 aromatic rings. The number of rotatable bonds is 2. The van der Waals surface area contributed by atoms with Crippen molar-refractivity contribution in [2.24, 2.45) is 5.92 Å². The number of nitrogens with zero attached hydrogens (tertiary/aromatic N) is 2. The molecule has 214 valence electrons. The van der Waals surface area contributed by atoms with E-state index in [1.807, 2.05) is 50.2 Å². The van der Waals surface area contributed by atoms with E-state index in [-0.39, 0.29) is 17.7 Å². The van der Waals surface area contributed by atoms with Gasteiger partial charge in [0, 0.05) is 46.6 Å². The van der Waals surface area contributed by atoms with E-state index >= 15 is 0 Å². The molecule has 6 aliphatic heterocycles. The summed E-state index contributed by atoms with van der Waals surface area (Å²) in [4.78, 5) is 39.2. The number of hydrogen-bond acceptors (Lipinski definition) is 3. The number of amides is 3. The summed E-state index contributed by atoms with van der Waals surface area (Å²) in [6.45, 7) is 6.96. The standard InChI is InChI=1S/C34H35N5O3/c1-23(2)20-31-34(42)35-24(3)32(40)36-30-10-6-26(7-11-30)22-39-18-14-28(15-19-39)27-12-16-38(17-13-27)21-25-4-8-29(9-5-25)33(41)37-31/h4-19,23-24,31H,20-22H2,1-3H3,(H-2,35,36,37,40,41,42)/p+2/t24-,31-/m0/s1. The summed E-state index contributed by atoms with van der Waals surface area (Å²) in [5.74, 6) is -0.901. The van der Waals surface area contributed by atoms with Crippen LogP contribution in [0.1, 0.15) is 48.7 Å². The van der Waals surface area contributed by atoms with Gasteiger partial charge in [-0.15, -0.1) is 0 Å². The van der Waals surface area contributed by atoms with Crippen LogP contribution in [0.15, 0.2) is 97.6 Å². The summed E-state index contributed by atoms with van der Waals surface area (Å²) < 4.78 is 4.20. The Kier molecular flexibility index (Phi) is 8.71. The molecule has 0 saturated heterocycles. The van der Waals surface area contributed by atoms with Crippen LogP contribution in [0.4, 0.5) is 5.69 Å². The fourth-order valence-electron chi connectivity index (χ4n) is 4.96. The Bertz CT molecular complexity index is 1550. The second-order valence-electron chi connectivity index (χ2n) is 11.3. The fourth-order valence-corrected chi connectivity index (χ4v) is 4.96. The Labute approximate surface area is 246 Å². The van der Waals surface area contributed by atoms with Gasteiger partial charge in [0.05, 0.1) is 0 Å². The molecular weight excluding hydrogens is 526 g/mol. The first-order valence-corrected chi connectivity index (χ1v) is 14.3. The maximum Gasteiger partial charge on any atom is 0.251 e. The molecular formula is C34H37N5O3+2. The molecule has 0 saturated carbocycles. The van der Waals surface area contributed by atoms with Crippen LogP contribution in [-0.2, 0) is 22.7 Å². The molecule has 2 atom stereocenters. The third kappa shape index (κ3) is 7.26.